The first-order valence-electron chi connectivity index (χ1n) is 8.92. The van der Waals surface area contributed by atoms with Crippen molar-refractivity contribution in [2.45, 2.75) is 49.8 Å². The SMILES string of the molecule is COC(=O)[C@H]1CC[C@@H]2C(C(=O)O)=CO[C@@H](O[C@@H]3O[C@H](CO)[C@@H](O)[C@@H](O)[C@H]3O)[C@H]12. The van der Waals surface area contributed by atoms with Crippen molar-refractivity contribution in [2.24, 2.45) is 17.8 Å². The van der Waals surface area contributed by atoms with Gasteiger partial charge >= 0.3 is 11.9 Å². The summed E-state index contributed by atoms with van der Waals surface area (Å²) in [5.41, 5.74) is 0.00468. The average Bonchev–Trinajstić information content (AvgIpc) is 3.13. The molecule has 5 N–H and O–H groups in total. The summed E-state index contributed by atoms with van der Waals surface area (Å²) < 4.78 is 21.2. The first-order chi connectivity index (χ1) is 13.3. The van der Waals surface area contributed by atoms with Crippen molar-refractivity contribution in [3.8, 4) is 0 Å². The van der Waals surface area contributed by atoms with E-state index in [1.54, 1.807) is 0 Å². The number of aliphatic hydroxyl groups is 4. The number of methoxy groups -OCH3 is 1. The van der Waals surface area contributed by atoms with E-state index in [1.807, 2.05) is 0 Å². The third-order valence-corrected chi connectivity index (χ3v) is 5.63. The standard InChI is InChI=1S/C17H24O11/c1-25-15(24)7-3-2-6-8(14(22)23)5-26-16(10(6)7)28-17-13(21)12(20)11(19)9(4-18)27-17/h5-7,9-13,16-21H,2-4H2,1H3,(H,22,23)/t6-,7+,9-,10+,11-,12-,13-,16+,17+/m1/s1. The second-order valence-corrected chi connectivity index (χ2v) is 7.11. The molecule has 3 aliphatic rings. The zero-order valence-electron chi connectivity index (χ0n) is 15.1. The minimum absolute atomic E-state index is 0.00468. The number of ether oxygens (including phenoxy) is 4. The molecule has 2 aliphatic heterocycles. The normalized spacial score (nSPS) is 42.9. The zero-order chi connectivity index (χ0) is 20.6. The van der Waals surface area contributed by atoms with Gasteiger partial charge in [-0.3, -0.25) is 4.79 Å². The minimum Gasteiger partial charge on any atom is -0.478 e. The largest absolute Gasteiger partial charge is 0.478 e. The molecule has 1 saturated heterocycles. The molecule has 0 spiro atoms. The lowest BCUT2D eigenvalue weighted by molar-refractivity contribution is -0.342. The van der Waals surface area contributed by atoms with Crippen LogP contribution in [0.3, 0.4) is 0 Å². The molecule has 0 bridgehead atoms. The summed E-state index contributed by atoms with van der Waals surface area (Å²) >= 11 is 0. The molecule has 0 aromatic rings. The number of hydrogen-bond acceptors (Lipinski definition) is 10. The number of carboxylic acid groups (broad SMARTS) is 1. The molecule has 2 fully saturated rings. The number of hydrogen-bond donors (Lipinski definition) is 5. The van der Waals surface area contributed by atoms with Gasteiger partial charge < -0.3 is 44.5 Å². The van der Waals surface area contributed by atoms with Crippen LogP contribution in [0.4, 0.5) is 0 Å². The van der Waals surface area contributed by atoms with Gasteiger partial charge in [0.05, 0.1) is 31.5 Å². The summed E-state index contributed by atoms with van der Waals surface area (Å²) in [5, 5.41) is 48.6. The maximum atomic E-state index is 12.2. The Hall–Kier alpha value is -1.76. The number of fused-ring (bicyclic) bond motifs is 1. The van der Waals surface area contributed by atoms with Crippen molar-refractivity contribution in [2.75, 3.05) is 13.7 Å². The number of carbonyl (C=O) groups is 2. The fourth-order valence-electron chi connectivity index (χ4n) is 4.16. The van der Waals surface area contributed by atoms with Gasteiger partial charge in [0.25, 0.3) is 0 Å². The topological polar surface area (TPSA) is 172 Å². The van der Waals surface area contributed by atoms with Gasteiger partial charge in [-0.2, -0.15) is 0 Å². The Morgan fingerprint density at radius 3 is 2.46 bits per heavy atom. The van der Waals surface area contributed by atoms with Crippen molar-refractivity contribution in [1.82, 2.24) is 0 Å². The molecule has 3 rings (SSSR count). The first kappa shape index (κ1) is 21.0. The molecule has 11 nitrogen and oxygen atoms in total. The summed E-state index contributed by atoms with van der Waals surface area (Å²) in [7, 11) is 1.22. The van der Waals surface area contributed by atoms with Gasteiger partial charge in [-0.15, -0.1) is 0 Å². The van der Waals surface area contributed by atoms with Crippen LogP contribution in [0.5, 0.6) is 0 Å². The fraction of sp³-hybridized carbons (Fsp3) is 0.765. The number of esters is 1. The first-order valence-corrected chi connectivity index (χ1v) is 8.92. The Labute approximate surface area is 160 Å². The quantitative estimate of drug-likeness (QED) is 0.319. The summed E-state index contributed by atoms with van der Waals surface area (Å²) in [4.78, 5) is 23.6. The third-order valence-electron chi connectivity index (χ3n) is 5.63. The monoisotopic (exact) mass is 404 g/mol. The van der Waals surface area contributed by atoms with E-state index in [4.69, 9.17) is 18.9 Å². The van der Waals surface area contributed by atoms with E-state index in [0.717, 1.165) is 6.26 Å². The highest BCUT2D eigenvalue weighted by atomic mass is 16.8. The predicted octanol–water partition coefficient (Wildman–Crippen LogP) is -2.06. The highest BCUT2D eigenvalue weighted by Crippen LogP contribution is 2.47. The zero-order valence-corrected chi connectivity index (χ0v) is 15.1. The van der Waals surface area contributed by atoms with Crippen LogP contribution in [-0.2, 0) is 28.5 Å². The van der Waals surface area contributed by atoms with E-state index in [0.29, 0.717) is 12.8 Å². The van der Waals surface area contributed by atoms with Crippen LogP contribution in [0.15, 0.2) is 11.8 Å². The Balaban J connectivity index is 1.83. The smallest absolute Gasteiger partial charge is 0.334 e. The molecule has 2 heterocycles. The molecule has 1 saturated carbocycles. The molecule has 0 unspecified atom stereocenters. The van der Waals surface area contributed by atoms with Gasteiger partial charge in [-0.1, -0.05) is 0 Å². The van der Waals surface area contributed by atoms with Gasteiger partial charge in [0.1, 0.15) is 24.4 Å². The molecule has 0 radical (unpaired) electrons. The van der Waals surface area contributed by atoms with Crippen LogP contribution in [0, 0.1) is 17.8 Å². The van der Waals surface area contributed by atoms with E-state index in [-0.39, 0.29) is 5.57 Å². The van der Waals surface area contributed by atoms with Crippen LogP contribution in [0.25, 0.3) is 0 Å². The number of aliphatic hydroxyl groups excluding tert-OH is 4. The second-order valence-electron chi connectivity index (χ2n) is 7.11. The van der Waals surface area contributed by atoms with Crippen molar-refractivity contribution in [3.05, 3.63) is 11.8 Å². The molecule has 0 aromatic carbocycles. The Morgan fingerprint density at radius 2 is 1.86 bits per heavy atom. The molecular weight excluding hydrogens is 380 g/mol. The molecule has 1 aliphatic carbocycles. The number of carbonyl (C=O) groups excluding carboxylic acids is 1. The van der Waals surface area contributed by atoms with E-state index < -0.39 is 73.3 Å². The maximum absolute atomic E-state index is 12.2. The third kappa shape index (κ3) is 3.61. The lowest BCUT2D eigenvalue weighted by Gasteiger charge is -2.43. The van der Waals surface area contributed by atoms with Crippen LogP contribution >= 0.6 is 0 Å². The van der Waals surface area contributed by atoms with Crippen molar-refractivity contribution < 1.29 is 54.1 Å². The Morgan fingerprint density at radius 1 is 1.14 bits per heavy atom. The van der Waals surface area contributed by atoms with E-state index in [9.17, 15) is 35.1 Å². The Kier molecular flexibility index (Phi) is 6.22. The molecule has 158 valence electrons. The van der Waals surface area contributed by atoms with Crippen LogP contribution in [-0.4, -0.2) is 88.2 Å². The summed E-state index contributed by atoms with van der Waals surface area (Å²) in [6.45, 7) is -0.629. The minimum atomic E-state index is -1.65. The van der Waals surface area contributed by atoms with Gasteiger partial charge in [0.2, 0.25) is 6.29 Å². The fourth-order valence-corrected chi connectivity index (χ4v) is 4.16. The second kappa shape index (κ2) is 8.31. The van der Waals surface area contributed by atoms with E-state index in [1.165, 1.54) is 7.11 Å². The maximum Gasteiger partial charge on any atom is 0.334 e. The highest BCUT2D eigenvalue weighted by Gasteiger charge is 2.53. The highest BCUT2D eigenvalue weighted by molar-refractivity contribution is 5.87. The number of carboxylic acids is 1. The number of rotatable bonds is 5. The summed E-state index contributed by atoms with van der Waals surface area (Å²) in [6.07, 6.45) is -6.84. The molecule has 9 atom stereocenters. The van der Waals surface area contributed by atoms with Gasteiger partial charge in [0, 0.05) is 11.8 Å². The van der Waals surface area contributed by atoms with Crippen molar-refractivity contribution in [1.29, 1.82) is 0 Å². The average molecular weight is 404 g/mol. The van der Waals surface area contributed by atoms with Gasteiger partial charge in [-0.05, 0) is 12.8 Å². The molecular formula is C17H24O11. The lowest BCUT2D eigenvalue weighted by atomic mass is 9.83. The van der Waals surface area contributed by atoms with E-state index in [2.05, 4.69) is 0 Å². The predicted molar refractivity (Wildman–Crippen MR) is 87.2 cm³/mol. The van der Waals surface area contributed by atoms with Crippen LogP contribution < -0.4 is 0 Å². The molecule has 28 heavy (non-hydrogen) atoms. The Bertz CT molecular complexity index is 633. The molecule has 0 aromatic heterocycles. The van der Waals surface area contributed by atoms with Crippen LogP contribution in [0.2, 0.25) is 0 Å². The summed E-state index contributed by atoms with van der Waals surface area (Å²) in [5.74, 6) is -3.65. The van der Waals surface area contributed by atoms with Crippen LogP contribution in [0.1, 0.15) is 12.8 Å². The van der Waals surface area contributed by atoms with Gasteiger partial charge in [0.15, 0.2) is 6.29 Å². The molecule has 0 amide bonds. The number of aliphatic carboxylic acids is 1. The summed E-state index contributed by atoms with van der Waals surface area (Å²) in [6, 6.07) is 0. The van der Waals surface area contributed by atoms with E-state index >= 15 is 0 Å². The van der Waals surface area contributed by atoms with Crippen molar-refractivity contribution >= 4 is 11.9 Å². The van der Waals surface area contributed by atoms with Gasteiger partial charge in [-0.25, -0.2) is 4.79 Å². The lowest BCUT2D eigenvalue weighted by Crippen LogP contribution is -2.60. The van der Waals surface area contributed by atoms with Crippen molar-refractivity contribution in [3.63, 3.8) is 0 Å². The molecule has 11 heteroatoms.